The molecule has 0 unspecified atom stereocenters. The van der Waals surface area contributed by atoms with Crippen LogP contribution in [0.15, 0.2) is 40.9 Å². The number of nitrogens with one attached hydrogen (secondary N) is 1. The first kappa shape index (κ1) is 16.6. The minimum absolute atomic E-state index is 0.203. The number of rotatable bonds is 4. The van der Waals surface area contributed by atoms with Crippen LogP contribution in [0.2, 0.25) is 0 Å². The molecule has 2 aromatic heterocycles. The summed E-state index contributed by atoms with van der Waals surface area (Å²) in [5.74, 6) is 0.775. The molecule has 0 atom stereocenters. The van der Waals surface area contributed by atoms with Crippen LogP contribution in [0.1, 0.15) is 21.9 Å². The molecule has 1 aromatic carbocycles. The first-order chi connectivity index (χ1) is 12.0. The van der Waals surface area contributed by atoms with Crippen LogP contribution in [-0.2, 0) is 0 Å². The van der Waals surface area contributed by atoms with Gasteiger partial charge in [0.2, 0.25) is 5.95 Å². The summed E-state index contributed by atoms with van der Waals surface area (Å²) in [5.41, 5.74) is 3.03. The second kappa shape index (κ2) is 6.72. The molecule has 0 bridgehead atoms. The Morgan fingerprint density at radius 1 is 1.08 bits per heavy atom. The number of anilines is 2. The predicted molar refractivity (Wildman–Crippen MR) is 95.7 cm³/mol. The molecule has 0 saturated heterocycles. The van der Waals surface area contributed by atoms with Crippen LogP contribution in [0, 0.1) is 13.8 Å². The maximum Gasteiger partial charge on any atom is 0.277 e. The first-order valence-corrected chi connectivity index (χ1v) is 7.81. The van der Waals surface area contributed by atoms with Gasteiger partial charge in [-0.15, -0.1) is 0 Å². The summed E-state index contributed by atoms with van der Waals surface area (Å²) in [6, 6.07) is 11.1. The highest BCUT2D eigenvalue weighted by molar-refractivity contribution is 6.03. The minimum atomic E-state index is -0.363. The first-order valence-electron chi connectivity index (χ1n) is 7.81. The molecule has 0 radical (unpaired) electrons. The van der Waals surface area contributed by atoms with E-state index in [1.165, 1.54) is 0 Å². The molecular weight excluding hydrogens is 318 g/mol. The van der Waals surface area contributed by atoms with Crippen molar-refractivity contribution in [3.05, 3.63) is 53.5 Å². The lowest BCUT2D eigenvalue weighted by molar-refractivity contribution is 0.101. The molecule has 0 saturated carbocycles. The Morgan fingerprint density at radius 2 is 1.72 bits per heavy atom. The summed E-state index contributed by atoms with van der Waals surface area (Å²) >= 11 is 0. The van der Waals surface area contributed by atoms with Crippen LogP contribution in [0.4, 0.5) is 11.6 Å². The van der Waals surface area contributed by atoms with Gasteiger partial charge in [-0.1, -0.05) is 35.5 Å². The number of aryl methyl sites for hydroxylation is 2. The topological polar surface area (TPSA) is 84.2 Å². The van der Waals surface area contributed by atoms with Gasteiger partial charge >= 0.3 is 0 Å². The average Bonchev–Trinajstić information content (AvgIpc) is 3.08. The van der Waals surface area contributed by atoms with Crippen molar-refractivity contribution < 1.29 is 9.32 Å². The zero-order valence-corrected chi connectivity index (χ0v) is 14.6. The van der Waals surface area contributed by atoms with E-state index in [2.05, 4.69) is 20.4 Å². The molecule has 0 aliphatic carbocycles. The highest BCUT2D eigenvalue weighted by atomic mass is 16.5. The van der Waals surface area contributed by atoms with Gasteiger partial charge in [0.05, 0.1) is 17.1 Å². The molecule has 0 spiro atoms. The van der Waals surface area contributed by atoms with Gasteiger partial charge in [-0.05, 0) is 13.8 Å². The molecule has 1 N–H and O–H groups in total. The van der Waals surface area contributed by atoms with Gasteiger partial charge in [0, 0.05) is 25.7 Å². The van der Waals surface area contributed by atoms with E-state index in [0.29, 0.717) is 28.8 Å². The van der Waals surface area contributed by atoms with Gasteiger partial charge < -0.3 is 14.7 Å². The van der Waals surface area contributed by atoms with Gasteiger partial charge in [0.1, 0.15) is 0 Å². The van der Waals surface area contributed by atoms with Crippen LogP contribution >= 0.6 is 0 Å². The Morgan fingerprint density at radius 3 is 2.32 bits per heavy atom. The zero-order valence-electron chi connectivity index (χ0n) is 14.6. The van der Waals surface area contributed by atoms with E-state index in [9.17, 15) is 4.79 Å². The minimum Gasteiger partial charge on any atom is -0.355 e. The molecule has 25 heavy (non-hydrogen) atoms. The summed E-state index contributed by atoms with van der Waals surface area (Å²) < 4.78 is 5.27. The summed E-state index contributed by atoms with van der Waals surface area (Å²) in [6.45, 7) is 3.66. The Kier molecular flexibility index (Phi) is 4.47. The van der Waals surface area contributed by atoms with Crippen molar-refractivity contribution in [3.63, 3.8) is 0 Å². The van der Waals surface area contributed by atoms with Crippen LogP contribution in [-0.4, -0.2) is 35.1 Å². The number of carbonyl (C=O) groups excluding carboxylic acids is 1. The number of benzene rings is 1. The Hall–Kier alpha value is -3.22. The summed E-state index contributed by atoms with van der Waals surface area (Å²) in [4.78, 5) is 23.1. The molecule has 3 rings (SSSR count). The standard InChI is InChI=1S/C18H19N5O2/c1-11-16(12(2)20-18(19-11)23(3)4)21-17(24)14-10-15(25-22-14)13-8-6-5-7-9-13/h5-10H,1-4H3,(H,21,24). The predicted octanol–water partition coefficient (Wildman–Crippen LogP) is 3.07. The van der Waals surface area contributed by atoms with Gasteiger partial charge in [0.15, 0.2) is 11.5 Å². The lowest BCUT2D eigenvalue weighted by Crippen LogP contribution is -2.18. The maximum absolute atomic E-state index is 12.5. The SMILES string of the molecule is Cc1nc(N(C)C)nc(C)c1NC(=O)c1cc(-c2ccccc2)on1. The molecule has 2 heterocycles. The highest BCUT2D eigenvalue weighted by Crippen LogP contribution is 2.22. The molecule has 0 aliphatic heterocycles. The van der Waals surface area contributed by atoms with E-state index in [1.807, 2.05) is 63.2 Å². The highest BCUT2D eigenvalue weighted by Gasteiger charge is 2.17. The lowest BCUT2D eigenvalue weighted by atomic mass is 10.1. The van der Waals surface area contributed by atoms with E-state index in [1.54, 1.807) is 6.07 Å². The molecule has 7 nitrogen and oxygen atoms in total. The summed E-state index contributed by atoms with van der Waals surface area (Å²) in [5, 5.41) is 6.68. The van der Waals surface area contributed by atoms with Gasteiger partial charge in [-0.2, -0.15) is 0 Å². The third-order valence-corrected chi connectivity index (χ3v) is 3.70. The van der Waals surface area contributed by atoms with E-state index < -0.39 is 0 Å². The lowest BCUT2D eigenvalue weighted by Gasteiger charge is -2.15. The molecule has 3 aromatic rings. The van der Waals surface area contributed by atoms with Crippen molar-refractivity contribution in [2.75, 3.05) is 24.3 Å². The molecule has 1 amide bonds. The van der Waals surface area contributed by atoms with Gasteiger partial charge in [-0.25, -0.2) is 9.97 Å². The quantitative estimate of drug-likeness (QED) is 0.787. The zero-order chi connectivity index (χ0) is 18.0. The van der Waals surface area contributed by atoms with E-state index in [4.69, 9.17) is 4.52 Å². The van der Waals surface area contributed by atoms with E-state index in [-0.39, 0.29) is 11.6 Å². The third kappa shape index (κ3) is 3.50. The van der Waals surface area contributed by atoms with Crippen molar-refractivity contribution in [3.8, 4) is 11.3 Å². The number of amides is 1. The fraction of sp³-hybridized carbons (Fsp3) is 0.222. The van der Waals surface area contributed by atoms with Crippen molar-refractivity contribution in [1.82, 2.24) is 15.1 Å². The Balaban J connectivity index is 1.83. The number of hydrogen-bond acceptors (Lipinski definition) is 6. The van der Waals surface area contributed by atoms with Crippen molar-refractivity contribution in [1.29, 1.82) is 0 Å². The fourth-order valence-electron chi connectivity index (χ4n) is 2.38. The van der Waals surface area contributed by atoms with Crippen LogP contribution in [0.3, 0.4) is 0 Å². The van der Waals surface area contributed by atoms with Crippen LogP contribution < -0.4 is 10.2 Å². The maximum atomic E-state index is 12.5. The molecular formula is C18H19N5O2. The summed E-state index contributed by atoms with van der Waals surface area (Å²) in [7, 11) is 3.74. The van der Waals surface area contributed by atoms with Gasteiger partial charge in [0.25, 0.3) is 5.91 Å². The number of aromatic nitrogens is 3. The molecule has 7 heteroatoms. The monoisotopic (exact) mass is 337 g/mol. The summed E-state index contributed by atoms with van der Waals surface area (Å²) in [6.07, 6.45) is 0. The second-order valence-electron chi connectivity index (χ2n) is 5.86. The van der Waals surface area contributed by atoms with Crippen LogP contribution in [0.25, 0.3) is 11.3 Å². The Bertz CT molecular complexity index is 880. The Labute approximate surface area is 145 Å². The van der Waals surface area contributed by atoms with Crippen molar-refractivity contribution >= 4 is 17.5 Å². The van der Waals surface area contributed by atoms with Crippen molar-refractivity contribution in [2.45, 2.75) is 13.8 Å². The third-order valence-electron chi connectivity index (χ3n) is 3.70. The fourth-order valence-corrected chi connectivity index (χ4v) is 2.38. The normalized spacial score (nSPS) is 10.6. The van der Waals surface area contributed by atoms with E-state index >= 15 is 0 Å². The average molecular weight is 337 g/mol. The largest absolute Gasteiger partial charge is 0.355 e. The molecule has 0 aliphatic rings. The molecule has 128 valence electrons. The number of hydrogen-bond donors (Lipinski definition) is 1. The van der Waals surface area contributed by atoms with Gasteiger partial charge in [-0.3, -0.25) is 4.79 Å². The number of carbonyl (C=O) groups is 1. The van der Waals surface area contributed by atoms with E-state index in [0.717, 1.165) is 5.56 Å². The van der Waals surface area contributed by atoms with Crippen molar-refractivity contribution in [2.24, 2.45) is 0 Å². The number of nitrogens with zero attached hydrogens (tertiary/aromatic N) is 4. The smallest absolute Gasteiger partial charge is 0.277 e. The molecule has 0 fully saturated rings. The van der Waals surface area contributed by atoms with Crippen LogP contribution in [0.5, 0.6) is 0 Å². The second-order valence-corrected chi connectivity index (χ2v) is 5.86.